The molecule has 0 radical (unpaired) electrons. The van der Waals surface area contributed by atoms with E-state index in [0.29, 0.717) is 5.56 Å². The molecule has 21 heavy (non-hydrogen) atoms. The van der Waals surface area contributed by atoms with E-state index in [2.05, 4.69) is 17.4 Å². The van der Waals surface area contributed by atoms with Crippen molar-refractivity contribution in [1.29, 1.82) is 0 Å². The van der Waals surface area contributed by atoms with E-state index >= 15 is 0 Å². The van der Waals surface area contributed by atoms with Crippen molar-refractivity contribution in [3.8, 4) is 0 Å². The zero-order valence-corrected chi connectivity index (χ0v) is 13.1. The van der Waals surface area contributed by atoms with Gasteiger partial charge in [-0.2, -0.15) is 0 Å². The fourth-order valence-electron chi connectivity index (χ4n) is 2.11. The van der Waals surface area contributed by atoms with Gasteiger partial charge in [0.15, 0.2) is 0 Å². The first kappa shape index (κ1) is 15.4. The molecule has 0 spiro atoms. The van der Waals surface area contributed by atoms with Crippen LogP contribution in [0.15, 0.2) is 47.4 Å². The number of aryl methyl sites for hydroxylation is 1. The first-order valence-electron chi connectivity index (χ1n) is 6.67. The quantitative estimate of drug-likeness (QED) is 0.490. The maximum atomic E-state index is 11.0. The Morgan fingerprint density at radius 2 is 1.86 bits per heavy atom. The molecular formula is C16H18N2O2S. The standard InChI is InChI=1S/C16H18N2O2S/c1-11-4-5-13(10-16(11)18(19)20)12(2)17-14-6-8-15(21-3)9-7-14/h4-10,12,17H,1-3H3. The molecule has 0 fully saturated rings. The van der Waals surface area contributed by atoms with Crippen LogP contribution in [-0.2, 0) is 0 Å². The number of nitro benzene ring substituents is 1. The summed E-state index contributed by atoms with van der Waals surface area (Å²) in [5, 5.41) is 14.4. The van der Waals surface area contributed by atoms with Crippen molar-refractivity contribution in [2.75, 3.05) is 11.6 Å². The van der Waals surface area contributed by atoms with Gasteiger partial charge in [-0.25, -0.2) is 0 Å². The molecule has 2 aromatic carbocycles. The molecule has 5 heteroatoms. The van der Waals surface area contributed by atoms with Gasteiger partial charge < -0.3 is 5.32 Å². The average Bonchev–Trinajstić information content (AvgIpc) is 2.48. The largest absolute Gasteiger partial charge is 0.379 e. The Morgan fingerprint density at radius 1 is 1.19 bits per heavy atom. The Hall–Kier alpha value is -2.01. The van der Waals surface area contributed by atoms with Crippen LogP contribution < -0.4 is 5.32 Å². The van der Waals surface area contributed by atoms with Gasteiger partial charge in [0, 0.05) is 28.3 Å². The lowest BCUT2D eigenvalue weighted by Crippen LogP contribution is -2.07. The minimum atomic E-state index is -0.335. The average molecular weight is 302 g/mol. The summed E-state index contributed by atoms with van der Waals surface area (Å²) in [6.07, 6.45) is 2.04. The van der Waals surface area contributed by atoms with Gasteiger partial charge in [-0.1, -0.05) is 12.1 Å². The van der Waals surface area contributed by atoms with E-state index < -0.39 is 0 Å². The van der Waals surface area contributed by atoms with Crippen LogP contribution in [0.25, 0.3) is 0 Å². The smallest absolute Gasteiger partial charge is 0.272 e. The van der Waals surface area contributed by atoms with Crippen LogP contribution in [0.3, 0.4) is 0 Å². The lowest BCUT2D eigenvalue weighted by atomic mass is 10.0. The topological polar surface area (TPSA) is 55.2 Å². The van der Waals surface area contributed by atoms with Gasteiger partial charge in [0.1, 0.15) is 0 Å². The summed E-state index contributed by atoms with van der Waals surface area (Å²) >= 11 is 1.70. The number of nitrogens with zero attached hydrogens (tertiary/aromatic N) is 1. The monoisotopic (exact) mass is 302 g/mol. The number of benzene rings is 2. The van der Waals surface area contributed by atoms with Crippen LogP contribution in [0.4, 0.5) is 11.4 Å². The maximum Gasteiger partial charge on any atom is 0.272 e. The predicted octanol–water partition coefficient (Wildman–Crippen LogP) is 4.80. The lowest BCUT2D eigenvalue weighted by molar-refractivity contribution is -0.385. The molecular weight excluding hydrogens is 284 g/mol. The zero-order valence-electron chi connectivity index (χ0n) is 12.3. The van der Waals surface area contributed by atoms with E-state index in [1.165, 1.54) is 4.90 Å². The van der Waals surface area contributed by atoms with Crippen LogP contribution >= 0.6 is 11.8 Å². The molecule has 1 unspecified atom stereocenters. The van der Waals surface area contributed by atoms with Crippen LogP contribution in [0.5, 0.6) is 0 Å². The summed E-state index contributed by atoms with van der Waals surface area (Å²) in [5.74, 6) is 0. The number of anilines is 1. The van der Waals surface area contributed by atoms with E-state index in [1.54, 1.807) is 30.8 Å². The predicted molar refractivity (Wildman–Crippen MR) is 88.1 cm³/mol. The maximum absolute atomic E-state index is 11.0. The second-order valence-corrected chi connectivity index (χ2v) is 5.78. The van der Waals surface area contributed by atoms with Crippen molar-refractivity contribution in [1.82, 2.24) is 0 Å². The van der Waals surface area contributed by atoms with Crippen molar-refractivity contribution in [2.24, 2.45) is 0 Å². The van der Waals surface area contributed by atoms with Crippen molar-refractivity contribution in [3.63, 3.8) is 0 Å². The molecule has 0 aliphatic carbocycles. The molecule has 0 heterocycles. The van der Waals surface area contributed by atoms with Crippen molar-refractivity contribution in [3.05, 3.63) is 63.7 Å². The highest BCUT2D eigenvalue weighted by Gasteiger charge is 2.14. The molecule has 2 aromatic rings. The SMILES string of the molecule is CSc1ccc(NC(C)c2ccc(C)c([N+](=O)[O-])c2)cc1. The fraction of sp³-hybridized carbons (Fsp3) is 0.250. The third kappa shape index (κ3) is 3.76. The summed E-state index contributed by atoms with van der Waals surface area (Å²) in [4.78, 5) is 11.9. The highest BCUT2D eigenvalue weighted by molar-refractivity contribution is 7.98. The molecule has 1 N–H and O–H groups in total. The Bertz CT molecular complexity index is 641. The van der Waals surface area contributed by atoms with Crippen LogP contribution in [-0.4, -0.2) is 11.2 Å². The number of hydrogen-bond acceptors (Lipinski definition) is 4. The van der Waals surface area contributed by atoms with Crippen LogP contribution in [0.1, 0.15) is 24.1 Å². The van der Waals surface area contributed by atoms with Crippen molar-refractivity contribution >= 4 is 23.1 Å². The Kier molecular flexibility index (Phi) is 4.85. The molecule has 0 bridgehead atoms. The molecule has 2 rings (SSSR count). The van der Waals surface area contributed by atoms with Crippen LogP contribution in [0.2, 0.25) is 0 Å². The molecule has 0 aliphatic heterocycles. The van der Waals surface area contributed by atoms with Crippen LogP contribution in [0, 0.1) is 17.0 Å². The van der Waals surface area contributed by atoms with E-state index in [9.17, 15) is 10.1 Å². The van der Waals surface area contributed by atoms with E-state index in [-0.39, 0.29) is 16.7 Å². The molecule has 0 aromatic heterocycles. The second-order valence-electron chi connectivity index (χ2n) is 4.90. The molecule has 0 amide bonds. The zero-order chi connectivity index (χ0) is 15.4. The van der Waals surface area contributed by atoms with Gasteiger partial charge >= 0.3 is 0 Å². The van der Waals surface area contributed by atoms with Crippen molar-refractivity contribution in [2.45, 2.75) is 24.8 Å². The van der Waals surface area contributed by atoms with E-state index in [0.717, 1.165) is 11.3 Å². The highest BCUT2D eigenvalue weighted by Crippen LogP contribution is 2.26. The van der Waals surface area contributed by atoms with Gasteiger partial charge in [-0.15, -0.1) is 11.8 Å². The summed E-state index contributed by atoms with van der Waals surface area (Å²) in [5.41, 5.74) is 2.75. The summed E-state index contributed by atoms with van der Waals surface area (Å²) < 4.78 is 0. The Morgan fingerprint density at radius 3 is 2.43 bits per heavy atom. The summed E-state index contributed by atoms with van der Waals surface area (Å²) in [7, 11) is 0. The number of nitrogens with one attached hydrogen (secondary N) is 1. The van der Waals surface area contributed by atoms with Gasteiger partial charge in [0.25, 0.3) is 5.69 Å². The minimum Gasteiger partial charge on any atom is -0.379 e. The highest BCUT2D eigenvalue weighted by atomic mass is 32.2. The number of hydrogen-bond donors (Lipinski definition) is 1. The van der Waals surface area contributed by atoms with Gasteiger partial charge in [-0.05, 0) is 49.9 Å². The summed E-state index contributed by atoms with van der Waals surface area (Å²) in [6.45, 7) is 3.75. The Balaban J connectivity index is 2.17. The molecule has 0 saturated carbocycles. The third-order valence-electron chi connectivity index (χ3n) is 3.40. The second kappa shape index (κ2) is 6.63. The minimum absolute atomic E-state index is 0.00410. The lowest BCUT2D eigenvalue weighted by Gasteiger charge is -2.16. The Labute approximate surface area is 128 Å². The van der Waals surface area contributed by atoms with E-state index in [1.807, 2.05) is 31.4 Å². The number of thioether (sulfide) groups is 1. The normalized spacial score (nSPS) is 12.0. The first-order valence-corrected chi connectivity index (χ1v) is 7.89. The third-order valence-corrected chi connectivity index (χ3v) is 4.15. The number of nitro groups is 1. The van der Waals surface area contributed by atoms with Gasteiger partial charge in [0.2, 0.25) is 0 Å². The molecule has 0 aliphatic rings. The molecule has 110 valence electrons. The molecule has 0 saturated heterocycles. The summed E-state index contributed by atoms with van der Waals surface area (Å²) in [6, 6.07) is 13.5. The fourth-order valence-corrected chi connectivity index (χ4v) is 2.52. The number of rotatable bonds is 5. The van der Waals surface area contributed by atoms with Gasteiger partial charge in [0.05, 0.1) is 4.92 Å². The van der Waals surface area contributed by atoms with Crippen molar-refractivity contribution < 1.29 is 4.92 Å². The van der Waals surface area contributed by atoms with Gasteiger partial charge in [-0.3, -0.25) is 10.1 Å². The molecule has 1 atom stereocenters. The van der Waals surface area contributed by atoms with E-state index in [4.69, 9.17) is 0 Å². The molecule has 4 nitrogen and oxygen atoms in total. The first-order chi connectivity index (χ1) is 10.0.